The molecule has 0 aromatic heterocycles. The van der Waals surface area contributed by atoms with Gasteiger partial charge in [0.05, 0.1) is 17.3 Å². The van der Waals surface area contributed by atoms with Crippen LogP contribution in [0.1, 0.15) is 11.1 Å². The van der Waals surface area contributed by atoms with E-state index < -0.39 is 0 Å². The van der Waals surface area contributed by atoms with E-state index in [1.807, 2.05) is 55.6 Å². The van der Waals surface area contributed by atoms with Crippen molar-refractivity contribution in [1.82, 2.24) is 10.2 Å². The number of oxime groups is 1. The molecule has 0 unspecified atom stereocenters. The van der Waals surface area contributed by atoms with Crippen molar-refractivity contribution in [1.29, 1.82) is 0 Å². The van der Waals surface area contributed by atoms with E-state index in [1.54, 1.807) is 0 Å². The molecule has 0 saturated carbocycles. The summed E-state index contributed by atoms with van der Waals surface area (Å²) in [6.45, 7) is 1.49. The fourth-order valence-electron chi connectivity index (χ4n) is 3.98. The molecule has 2 aromatic carbocycles. The summed E-state index contributed by atoms with van der Waals surface area (Å²) in [6, 6.07) is 15.3. The first-order valence-corrected chi connectivity index (χ1v) is 9.80. The van der Waals surface area contributed by atoms with E-state index in [9.17, 15) is 9.59 Å². The molecule has 3 heterocycles. The summed E-state index contributed by atoms with van der Waals surface area (Å²) in [6.07, 6.45) is 0. The molecule has 0 atom stereocenters. The van der Waals surface area contributed by atoms with Gasteiger partial charge in [-0.1, -0.05) is 41.6 Å². The minimum absolute atomic E-state index is 0.156. The number of amides is 2. The van der Waals surface area contributed by atoms with Crippen LogP contribution in [0.4, 0.5) is 11.4 Å². The van der Waals surface area contributed by atoms with E-state index in [0.29, 0.717) is 17.0 Å². The zero-order valence-corrected chi connectivity index (χ0v) is 16.4. The summed E-state index contributed by atoms with van der Waals surface area (Å²) in [5.41, 5.74) is 4.79. The zero-order valence-electron chi connectivity index (χ0n) is 16.4. The summed E-state index contributed by atoms with van der Waals surface area (Å²) >= 11 is 0. The van der Waals surface area contributed by atoms with Crippen LogP contribution in [0.5, 0.6) is 0 Å². The number of likely N-dealkylation sites (tertiary alicyclic amines) is 1. The van der Waals surface area contributed by atoms with Crippen LogP contribution in [0.25, 0.3) is 5.57 Å². The monoisotopic (exact) mass is 403 g/mol. The van der Waals surface area contributed by atoms with Crippen molar-refractivity contribution in [2.24, 2.45) is 5.16 Å². The molecule has 3 aliphatic rings. The summed E-state index contributed by atoms with van der Waals surface area (Å²) in [4.78, 5) is 32.3. The third-order valence-corrected chi connectivity index (χ3v) is 5.38. The largest absolute Gasteiger partial charge is 0.385 e. The van der Waals surface area contributed by atoms with Crippen molar-refractivity contribution in [2.75, 3.05) is 37.4 Å². The van der Waals surface area contributed by atoms with E-state index in [1.165, 1.54) is 0 Å². The fraction of sp³-hybridized carbons (Fsp3) is 0.227. The lowest BCUT2D eigenvalue weighted by Crippen LogP contribution is -2.58. The van der Waals surface area contributed by atoms with Gasteiger partial charge < -0.3 is 25.7 Å². The predicted molar refractivity (Wildman–Crippen MR) is 114 cm³/mol. The maximum atomic E-state index is 12.7. The van der Waals surface area contributed by atoms with Gasteiger partial charge in [0.2, 0.25) is 0 Å². The second-order valence-electron chi connectivity index (χ2n) is 7.62. The Hall–Kier alpha value is -3.65. The van der Waals surface area contributed by atoms with Gasteiger partial charge in [0, 0.05) is 35.6 Å². The Labute approximate surface area is 173 Å². The van der Waals surface area contributed by atoms with E-state index in [2.05, 4.69) is 26.0 Å². The maximum Gasteiger partial charge on any atom is 0.261 e. The number of allylic oxidation sites excluding steroid dienone is 1. The van der Waals surface area contributed by atoms with Gasteiger partial charge in [-0.2, -0.15) is 0 Å². The predicted octanol–water partition coefficient (Wildman–Crippen LogP) is 1.63. The molecule has 152 valence electrons. The molecule has 2 aromatic rings. The lowest BCUT2D eigenvalue weighted by molar-refractivity contribution is -0.127. The summed E-state index contributed by atoms with van der Waals surface area (Å²) in [5, 5.41) is 13.3. The molecule has 0 aliphatic carbocycles. The maximum absolute atomic E-state index is 12.7. The van der Waals surface area contributed by atoms with Gasteiger partial charge in [-0.05, 0) is 19.2 Å². The first-order chi connectivity index (χ1) is 14.6. The Morgan fingerprint density at radius 1 is 1.10 bits per heavy atom. The molecule has 0 radical (unpaired) electrons. The van der Waals surface area contributed by atoms with E-state index in [4.69, 9.17) is 4.84 Å². The number of likely N-dealkylation sites (N-methyl/N-ethyl adjacent to an activating group) is 1. The number of fused-ring (bicyclic) bond motifs is 2. The molecular formula is C22H21N5O3. The van der Waals surface area contributed by atoms with Gasteiger partial charge in [0.15, 0.2) is 6.61 Å². The number of hydrogen-bond donors (Lipinski definition) is 3. The number of hydrogen-bond acceptors (Lipinski definition) is 6. The first kappa shape index (κ1) is 18.4. The average Bonchev–Trinajstić information content (AvgIpc) is 3.23. The average molecular weight is 403 g/mol. The molecule has 3 aliphatic heterocycles. The van der Waals surface area contributed by atoms with E-state index in [-0.39, 0.29) is 24.5 Å². The minimum atomic E-state index is -0.213. The quantitative estimate of drug-likeness (QED) is 0.533. The molecule has 2 amide bonds. The molecule has 5 rings (SSSR count). The van der Waals surface area contributed by atoms with Gasteiger partial charge in [-0.25, -0.2) is 0 Å². The molecule has 8 heteroatoms. The van der Waals surface area contributed by atoms with Crippen molar-refractivity contribution >= 4 is 34.5 Å². The van der Waals surface area contributed by atoms with Crippen LogP contribution in [-0.4, -0.2) is 55.2 Å². The highest BCUT2D eigenvalue weighted by molar-refractivity contribution is 6.39. The van der Waals surface area contributed by atoms with Crippen LogP contribution >= 0.6 is 0 Å². The molecular weight excluding hydrogens is 382 g/mol. The highest BCUT2D eigenvalue weighted by Gasteiger charge is 2.34. The van der Waals surface area contributed by atoms with Crippen LogP contribution < -0.4 is 16.0 Å². The highest BCUT2D eigenvalue weighted by Crippen LogP contribution is 2.38. The third-order valence-electron chi connectivity index (χ3n) is 5.38. The first-order valence-electron chi connectivity index (χ1n) is 9.80. The number of benzene rings is 2. The number of nitrogens with zero attached hydrogens (tertiary/aromatic N) is 2. The van der Waals surface area contributed by atoms with Crippen molar-refractivity contribution in [2.45, 2.75) is 6.04 Å². The number of para-hydroxylation sites is 2. The lowest BCUT2D eigenvalue weighted by Gasteiger charge is -2.36. The Balaban J connectivity index is 1.43. The summed E-state index contributed by atoms with van der Waals surface area (Å²) < 4.78 is 0. The molecule has 30 heavy (non-hydrogen) atoms. The lowest BCUT2D eigenvalue weighted by atomic mass is 10.0. The molecule has 0 spiro atoms. The van der Waals surface area contributed by atoms with Crippen LogP contribution in [0.3, 0.4) is 0 Å². The normalized spacial score (nSPS) is 21.5. The minimum Gasteiger partial charge on any atom is -0.385 e. The van der Waals surface area contributed by atoms with Crippen LogP contribution in [0.2, 0.25) is 0 Å². The molecule has 3 N–H and O–H groups in total. The standard InChI is InChI=1S/C22H21N5O3/c1-27-10-13(11-27)23-18(28)12-30-26-20-15-7-3-5-9-17(15)24-21(20)19-14-6-2-4-8-16(14)25-22(19)29/h2-9,13,24H,10-12H2,1H3,(H,23,28)(H,25,29)/b21-19+,26-20+. The fourth-order valence-corrected chi connectivity index (χ4v) is 3.98. The van der Waals surface area contributed by atoms with Crippen LogP contribution in [0.15, 0.2) is 59.4 Å². The Morgan fingerprint density at radius 2 is 1.77 bits per heavy atom. The van der Waals surface area contributed by atoms with Gasteiger partial charge in [0.25, 0.3) is 11.8 Å². The van der Waals surface area contributed by atoms with Crippen molar-refractivity contribution in [3.63, 3.8) is 0 Å². The van der Waals surface area contributed by atoms with Gasteiger partial charge in [0.1, 0.15) is 5.71 Å². The number of carbonyl (C=O) groups is 2. The summed E-state index contributed by atoms with van der Waals surface area (Å²) in [7, 11) is 2.00. The van der Waals surface area contributed by atoms with Crippen molar-refractivity contribution in [3.05, 3.63) is 65.4 Å². The third kappa shape index (κ3) is 3.21. The van der Waals surface area contributed by atoms with Crippen molar-refractivity contribution < 1.29 is 14.4 Å². The van der Waals surface area contributed by atoms with Gasteiger partial charge >= 0.3 is 0 Å². The molecule has 1 saturated heterocycles. The van der Waals surface area contributed by atoms with E-state index in [0.717, 1.165) is 35.6 Å². The highest BCUT2D eigenvalue weighted by atomic mass is 16.6. The van der Waals surface area contributed by atoms with Crippen LogP contribution in [-0.2, 0) is 14.4 Å². The molecule has 8 nitrogen and oxygen atoms in total. The van der Waals surface area contributed by atoms with Crippen molar-refractivity contribution in [3.8, 4) is 0 Å². The Kier molecular flexibility index (Phi) is 4.48. The molecule has 0 bridgehead atoms. The van der Waals surface area contributed by atoms with E-state index >= 15 is 0 Å². The Morgan fingerprint density at radius 3 is 2.50 bits per heavy atom. The molecule has 1 fully saturated rings. The zero-order chi connectivity index (χ0) is 20.7. The number of rotatable bonds is 4. The number of carbonyl (C=O) groups excluding carboxylic acids is 2. The summed E-state index contributed by atoms with van der Waals surface area (Å²) in [5.74, 6) is -0.416. The smallest absolute Gasteiger partial charge is 0.261 e. The van der Waals surface area contributed by atoms with Gasteiger partial charge in [-0.15, -0.1) is 0 Å². The number of nitrogens with one attached hydrogen (secondary N) is 3. The van der Waals surface area contributed by atoms with Crippen LogP contribution in [0, 0.1) is 0 Å². The topological polar surface area (TPSA) is 95.1 Å². The number of anilines is 2. The second-order valence-corrected chi connectivity index (χ2v) is 7.62. The Bertz CT molecular complexity index is 1100. The van der Waals surface area contributed by atoms with Gasteiger partial charge in [-0.3, -0.25) is 9.59 Å². The SMILES string of the molecule is CN1CC(NC(=O)CO/N=C2/C(=C3\C(=O)Nc4ccccc43)Nc3ccccc32)C1. The second kappa shape index (κ2) is 7.31.